The minimum absolute atomic E-state index is 0.0439. The standard InChI is InChI=1S/C13H13F3N2OS/c14-13(15,16)20-9-8-18-12(19)11-5-3-10(4-6-11)2-1-7-17/h3-6H,7-9,17H2,(H,18,19). The van der Waals surface area contributed by atoms with Crippen molar-refractivity contribution in [2.75, 3.05) is 18.8 Å². The number of alkyl halides is 3. The monoisotopic (exact) mass is 302 g/mol. The highest BCUT2D eigenvalue weighted by atomic mass is 32.2. The second kappa shape index (κ2) is 7.82. The molecular weight excluding hydrogens is 289 g/mol. The fraction of sp³-hybridized carbons (Fsp3) is 0.308. The summed E-state index contributed by atoms with van der Waals surface area (Å²) in [4.78, 5) is 11.6. The van der Waals surface area contributed by atoms with Crippen LogP contribution in [0.25, 0.3) is 0 Å². The van der Waals surface area contributed by atoms with Gasteiger partial charge in [0.15, 0.2) is 0 Å². The van der Waals surface area contributed by atoms with Gasteiger partial charge in [-0.1, -0.05) is 11.8 Å². The SMILES string of the molecule is NCC#Cc1ccc(C(=O)NCCSC(F)(F)F)cc1. The number of benzene rings is 1. The molecule has 7 heteroatoms. The minimum atomic E-state index is -4.27. The number of nitrogens with two attached hydrogens (primary N) is 1. The van der Waals surface area contributed by atoms with Crippen molar-refractivity contribution in [3.05, 3.63) is 35.4 Å². The lowest BCUT2D eigenvalue weighted by molar-refractivity contribution is -0.0327. The molecule has 1 aromatic carbocycles. The highest BCUT2D eigenvalue weighted by Crippen LogP contribution is 2.29. The van der Waals surface area contributed by atoms with E-state index in [-0.39, 0.29) is 30.6 Å². The van der Waals surface area contributed by atoms with Crippen LogP contribution >= 0.6 is 11.8 Å². The number of hydrogen-bond acceptors (Lipinski definition) is 3. The Labute approximate surface area is 119 Å². The third-order valence-electron chi connectivity index (χ3n) is 2.14. The van der Waals surface area contributed by atoms with Gasteiger partial charge in [-0.2, -0.15) is 13.2 Å². The zero-order valence-corrected chi connectivity index (χ0v) is 11.3. The Balaban J connectivity index is 2.44. The molecule has 0 heterocycles. The maximum absolute atomic E-state index is 11.9. The second-order valence-electron chi connectivity index (χ2n) is 3.63. The van der Waals surface area contributed by atoms with Crippen LogP contribution in [-0.4, -0.2) is 30.3 Å². The predicted octanol–water partition coefficient (Wildman–Crippen LogP) is 1.98. The van der Waals surface area contributed by atoms with Crippen molar-refractivity contribution in [2.45, 2.75) is 5.51 Å². The maximum Gasteiger partial charge on any atom is 0.441 e. The van der Waals surface area contributed by atoms with E-state index in [1.54, 1.807) is 24.3 Å². The van der Waals surface area contributed by atoms with Gasteiger partial charge in [0.2, 0.25) is 0 Å². The largest absolute Gasteiger partial charge is 0.441 e. The number of thioether (sulfide) groups is 1. The zero-order valence-electron chi connectivity index (χ0n) is 10.5. The molecule has 1 aromatic rings. The van der Waals surface area contributed by atoms with E-state index in [1.165, 1.54) is 0 Å². The summed E-state index contributed by atoms with van der Waals surface area (Å²) in [6.07, 6.45) is 0. The van der Waals surface area contributed by atoms with Crippen molar-refractivity contribution in [3.63, 3.8) is 0 Å². The molecule has 0 bridgehead atoms. The van der Waals surface area contributed by atoms with Gasteiger partial charge in [-0.25, -0.2) is 0 Å². The van der Waals surface area contributed by atoms with Gasteiger partial charge < -0.3 is 11.1 Å². The van der Waals surface area contributed by atoms with E-state index in [2.05, 4.69) is 17.2 Å². The molecule has 0 aliphatic carbocycles. The Morgan fingerprint density at radius 1 is 1.30 bits per heavy atom. The molecule has 20 heavy (non-hydrogen) atoms. The third-order valence-corrected chi connectivity index (χ3v) is 2.87. The quantitative estimate of drug-likeness (QED) is 0.660. The van der Waals surface area contributed by atoms with Crippen LogP contribution in [0.3, 0.4) is 0 Å². The smallest absolute Gasteiger partial charge is 0.351 e. The predicted molar refractivity (Wildman–Crippen MR) is 73.2 cm³/mol. The minimum Gasteiger partial charge on any atom is -0.351 e. The van der Waals surface area contributed by atoms with Gasteiger partial charge in [-0.3, -0.25) is 4.79 Å². The number of hydrogen-bond donors (Lipinski definition) is 2. The van der Waals surface area contributed by atoms with Crippen LogP contribution in [0.5, 0.6) is 0 Å². The van der Waals surface area contributed by atoms with Crippen LogP contribution in [0.15, 0.2) is 24.3 Å². The highest BCUT2D eigenvalue weighted by Gasteiger charge is 2.27. The van der Waals surface area contributed by atoms with Crippen LogP contribution in [-0.2, 0) is 0 Å². The van der Waals surface area contributed by atoms with Crippen molar-refractivity contribution in [1.82, 2.24) is 5.32 Å². The zero-order chi connectivity index (χ0) is 15.0. The van der Waals surface area contributed by atoms with Crippen LogP contribution in [0.1, 0.15) is 15.9 Å². The Bertz CT molecular complexity index is 503. The lowest BCUT2D eigenvalue weighted by Crippen LogP contribution is -2.26. The Morgan fingerprint density at radius 2 is 1.95 bits per heavy atom. The van der Waals surface area contributed by atoms with Crippen molar-refractivity contribution < 1.29 is 18.0 Å². The molecule has 1 amide bonds. The van der Waals surface area contributed by atoms with Crippen molar-refractivity contribution in [3.8, 4) is 11.8 Å². The average molecular weight is 302 g/mol. The summed E-state index contributed by atoms with van der Waals surface area (Å²) in [6.45, 7) is 0.205. The van der Waals surface area contributed by atoms with Gasteiger partial charge in [-0.05, 0) is 36.0 Å². The Morgan fingerprint density at radius 3 is 2.50 bits per heavy atom. The number of nitrogens with one attached hydrogen (secondary N) is 1. The fourth-order valence-corrected chi connectivity index (χ4v) is 1.73. The molecule has 0 aromatic heterocycles. The summed E-state index contributed by atoms with van der Waals surface area (Å²) in [5.74, 6) is 4.86. The normalized spacial score (nSPS) is 10.6. The van der Waals surface area contributed by atoms with E-state index in [1.807, 2.05) is 0 Å². The van der Waals surface area contributed by atoms with Crippen molar-refractivity contribution in [2.24, 2.45) is 5.73 Å². The van der Waals surface area contributed by atoms with Gasteiger partial charge in [-0.15, -0.1) is 0 Å². The van der Waals surface area contributed by atoms with Gasteiger partial charge >= 0.3 is 5.51 Å². The average Bonchev–Trinajstić information content (AvgIpc) is 2.40. The summed E-state index contributed by atoms with van der Waals surface area (Å²) in [6, 6.07) is 6.43. The molecule has 3 nitrogen and oxygen atoms in total. The molecule has 0 unspecified atom stereocenters. The Kier molecular flexibility index (Phi) is 6.42. The highest BCUT2D eigenvalue weighted by molar-refractivity contribution is 8.00. The molecule has 0 fully saturated rings. The number of amides is 1. The van der Waals surface area contributed by atoms with Gasteiger partial charge in [0.05, 0.1) is 6.54 Å². The number of carbonyl (C=O) groups is 1. The first-order chi connectivity index (χ1) is 9.42. The van der Waals surface area contributed by atoms with E-state index in [0.717, 1.165) is 5.56 Å². The third kappa shape index (κ3) is 6.50. The van der Waals surface area contributed by atoms with Crippen LogP contribution in [0.4, 0.5) is 13.2 Å². The molecule has 0 saturated heterocycles. The van der Waals surface area contributed by atoms with Gasteiger partial charge in [0.1, 0.15) is 0 Å². The topological polar surface area (TPSA) is 55.1 Å². The van der Waals surface area contributed by atoms with E-state index in [0.29, 0.717) is 5.56 Å². The Hall–Kier alpha value is -1.65. The van der Waals surface area contributed by atoms with Crippen LogP contribution in [0, 0.1) is 11.8 Å². The first-order valence-electron chi connectivity index (χ1n) is 5.70. The summed E-state index contributed by atoms with van der Waals surface area (Å²) in [5.41, 5.74) is 2.06. The number of carbonyl (C=O) groups excluding carboxylic acids is 1. The van der Waals surface area contributed by atoms with E-state index < -0.39 is 11.4 Å². The van der Waals surface area contributed by atoms with E-state index in [4.69, 9.17) is 5.73 Å². The summed E-state index contributed by atoms with van der Waals surface area (Å²) < 4.78 is 35.6. The molecule has 0 spiro atoms. The fourth-order valence-electron chi connectivity index (χ4n) is 1.29. The molecule has 3 N–H and O–H groups in total. The van der Waals surface area contributed by atoms with Crippen molar-refractivity contribution in [1.29, 1.82) is 0 Å². The first-order valence-corrected chi connectivity index (χ1v) is 6.69. The maximum atomic E-state index is 11.9. The molecule has 108 valence electrons. The van der Waals surface area contributed by atoms with E-state index in [9.17, 15) is 18.0 Å². The molecule has 0 atom stereocenters. The molecular formula is C13H13F3N2OS. The van der Waals surface area contributed by atoms with Gasteiger partial charge in [0, 0.05) is 23.4 Å². The molecule has 0 radical (unpaired) electrons. The molecule has 0 aliphatic heterocycles. The molecule has 0 aliphatic rings. The van der Waals surface area contributed by atoms with Crippen LogP contribution < -0.4 is 11.1 Å². The van der Waals surface area contributed by atoms with E-state index >= 15 is 0 Å². The summed E-state index contributed by atoms with van der Waals surface area (Å²) in [5, 5.41) is 2.42. The first kappa shape index (κ1) is 16.4. The summed E-state index contributed by atoms with van der Waals surface area (Å²) in [7, 11) is 0. The number of halogens is 3. The van der Waals surface area contributed by atoms with Crippen molar-refractivity contribution >= 4 is 17.7 Å². The lowest BCUT2D eigenvalue weighted by Gasteiger charge is -2.07. The molecule has 1 rings (SSSR count). The molecule has 0 saturated carbocycles. The van der Waals surface area contributed by atoms with Gasteiger partial charge in [0.25, 0.3) is 5.91 Å². The van der Waals surface area contributed by atoms with Crippen LogP contribution in [0.2, 0.25) is 0 Å². The number of rotatable bonds is 4. The lowest BCUT2D eigenvalue weighted by atomic mass is 10.1. The summed E-state index contributed by atoms with van der Waals surface area (Å²) >= 11 is -0.163. The second-order valence-corrected chi connectivity index (χ2v) is 4.79.